The zero-order valence-corrected chi connectivity index (χ0v) is 23.0. The molecule has 3 aromatic carbocycles. The predicted octanol–water partition coefficient (Wildman–Crippen LogP) is 4.44. The molecule has 1 amide bonds. The highest BCUT2D eigenvalue weighted by Crippen LogP contribution is 2.39. The second kappa shape index (κ2) is 12.4. The summed E-state index contributed by atoms with van der Waals surface area (Å²) in [5.41, 5.74) is 2.22. The van der Waals surface area contributed by atoms with Gasteiger partial charge in [0.1, 0.15) is 5.75 Å². The fourth-order valence-corrected chi connectivity index (χ4v) is 5.48. The van der Waals surface area contributed by atoms with Gasteiger partial charge in [-0.15, -0.1) is 0 Å². The van der Waals surface area contributed by atoms with Crippen LogP contribution < -0.4 is 24.2 Å². The number of anilines is 2. The average molecular weight is 556 g/mol. The second-order valence-electron chi connectivity index (χ2n) is 9.01. The lowest BCUT2D eigenvalue weighted by Crippen LogP contribution is -2.38. The van der Waals surface area contributed by atoms with Crippen molar-refractivity contribution in [1.29, 1.82) is 0 Å². The molecule has 0 saturated heterocycles. The van der Waals surface area contributed by atoms with Gasteiger partial charge in [0.25, 0.3) is 10.0 Å². The molecule has 0 aliphatic carbocycles. The Hall–Kier alpha value is -3.80. The first-order valence-corrected chi connectivity index (χ1v) is 14.1. The summed E-state index contributed by atoms with van der Waals surface area (Å²) in [6.07, 6.45) is 0.942. The van der Waals surface area contributed by atoms with E-state index in [1.807, 2.05) is 25.1 Å². The van der Waals surface area contributed by atoms with E-state index in [4.69, 9.17) is 14.2 Å². The quantitative estimate of drug-likeness (QED) is 0.221. The van der Waals surface area contributed by atoms with Crippen molar-refractivity contribution in [3.05, 3.63) is 71.8 Å². The van der Waals surface area contributed by atoms with Crippen LogP contribution in [-0.2, 0) is 27.7 Å². The molecule has 0 spiro atoms. The van der Waals surface area contributed by atoms with Crippen molar-refractivity contribution < 1.29 is 32.6 Å². The van der Waals surface area contributed by atoms with Crippen molar-refractivity contribution in [3.63, 3.8) is 0 Å². The Morgan fingerprint density at radius 2 is 1.72 bits per heavy atom. The van der Waals surface area contributed by atoms with E-state index in [0.29, 0.717) is 54.3 Å². The summed E-state index contributed by atoms with van der Waals surface area (Å²) < 4.78 is 45.3. The molecule has 11 heteroatoms. The number of fused-ring (bicyclic) bond motifs is 1. The summed E-state index contributed by atoms with van der Waals surface area (Å²) in [5, 5.41) is 14.8. The molecule has 3 N–H and O–H groups in total. The minimum absolute atomic E-state index is 0.109. The Bertz CT molecular complexity index is 1410. The van der Waals surface area contributed by atoms with Crippen LogP contribution in [0.4, 0.5) is 11.4 Å². The van der Waals surface area contributed by atoms with Gasteiger partial charge in [-0.05, 0) is 61.2 Å². The Morgan fingerprint density at radius 3 is 2.41 bits per heavy atom. The van der Waals surface area contributed by atoms with Crippen molar-refractivity contribution in [2.45, 2.75) is 43.7 Å². The van der Waals surface area contributed by atoms with Gasteiger partial charge in [0, 0.05) is 18.5 Å². The van der Waals surface area contributed by atoms with Gasteiger partial charge in [0.2, 0.25) is 5.91 Å². The standard InChI is InChI=1S/C28H33N3O7S/c1-4-27(31(33)17-16-19-10-13-24(36-2)25(18-19)37-3)38-23-14-12-22(28-21(23)11-15-26(32)29-28)30-39(34,35)20-8-6-5-7-9-20/h5-10,12-14,18,27,30,33H,4,11,15-17H2,1-3H3,(H,29,32). The van der Waals surface area contributed by atoms with E-state index in [9.17, 15) is 18.4 Å². The molecule has 1 atom stereocenters. The minimum Gasteiger partial charge on any atom is -0.493 e. The molecule has 4 rings (SSSR count). The van der Waals surface area contributed by atoms with Crippen LogP contribution in [0.25, 0.3) is 0 Å². The van der Waals surface area contributed by atoms with Gasteiger partial charge in [0.15, 0.2) is 17.7 Å². The first-order chi connectivity index (χ1) is 18.7. The number of nitrogens with one attached hydrogen (secondary N) is 2. The highest BCUT2D eigenvalue weighted by Gasteiger charge is 2.27. The van der Waals surface area contributed by atoms with Gasteiger partial charge in [0.05, 0.1) is 30.5 Å². The lowest BCUT2D eigenvalue weighted by molar-refractivity contribution is -0.185. The van der Waals surface area contributed by atoms with Crippen LogP contribution in [0.1, 0.15) is 30.9 Å². The van der Waals surface area contributed by atoms with Crippen molar-refractivity contribution in [2.24, 2.45) is 0 Å². The lowest BCUT2D eigenvalue weighted by Gasteiger charge is -2.29. The molecule has 1 aliphatic rings. The smallest absolute Gasteiger partial charge is 0.261 e. The molecule has 208 valence electrons. The predicted molar refractivity (Wildman–Crippen MR) is 147 cm³/mol. The molecule has 0 saturated carbocycles. The third kappa shape index (κ3) is 6.62. The fraction of sp³-hybridized carbons (Fsp3) is 0.321. The SMILES string of the molecule is CCC(Oc1ccc(NS(=O)(=O)c2ccccc2)c2c1CCC(=O)N2)N(O)CCc1ccc(OC)c(OC)c1. The number of benzene rings is 3. The third-order valence-electron chi connectivity index (χ3n) is 6.46. The summed E-state index contributed by atoms with van der Waals surface area (Å²) in [7, 11) is -0.723. The molecule has 39 heavy (non-hydrogen) atoms. The van der Waals surface area contributed by atoms with E-state index < -0.39 is 16.3 Å². The van der Waals surface area contributed by atoms with Gasteiger partial charge in [-0.2, -0.15) is 5.06 Å². The normalized spacial score (nSPS) is 13.8. The largest absolute Gasteiger partial charge is 0.493 e. The molecule has 0 radical (unpaired) electrons. The average Bonchev–Trinajstić information content (AvgIpc) is 2.95. The fourth-order valence-electron chi connectivity index (χ4n) is 4.38. The number of ether oxygens (including phenoxy) is 3. The van der Waals surface area contributed by atoms with Gasteiger partial charge in [-0.25, -0.2) is 8.42 Å². The van der Waals surface area contributed by atoms with Gasteiger partial charge in [-0.3, -0.25) is 9.52 Å². The molecule has 10 nitrogen and oxygen atoms in total. The number of rotatable bonds is 12. The molecule has 1 heterocycles. The maximum atomic E-state index is 12.9. The monoisotopic (exact) mass is 555 g/mol. The number of sulfonamides is 1. The van der Waals surface area contributed by atoms with Crippen LogP contribution in [-0.4, -0.2) is 51.6 Å². The molecule has 1 unspecified atom stereocenters. The van der Waals surface area contributed by atoms with E-state index in [-0.39, 0.29) is 22.9 Å². The van der Waals surface area contributed by atoms with Crippen LogP contribution in [0.3, 0.4) is 0 Å². The Morgan fingerprint density at radius 1 is 1.00 bits per heavy atom. The highest BCUT2D eigenvalue weighted by molar-refractivity contribution is 7.92. The zero-order chi connectivity index (χ0) is 28.0. The van der Waals surface area contributed by atoms with Gasteiger partial charge < -0.3 is 24.7 Å². The van der Waals surface area contributed by atoms with Crippen LogP contribution in [0.5, 0.6) is 17.2 Å². The first kappa shape index (κ1) is 28.2. The zero-order valence-electron chi connectivity index (χ0n) is 22.1. The number of carbonyl (C=O) groups excluding carboxylic acids is 1. The van der Waals surface area contributed by atoms with Crippen molar-refractivity contribution in [1.82, 2.24) is 5.06 Å². The van der Waals surface area contributed by atoms with E-state index in [2.05, 4.69) is 10.0 Å². The number of methoxy groups -OCH3 is 2. The van der Waals surface area contributed by atoms with Crippen LogP contribution in [0.2, 0.25) is 0 Å². The molecular formula is C28H33N3O7S. The van der Waals surface area contributed by atoms with Crippen molar-refractivity contribution >= 4 is 27.3 Å². The topological polar surface area (TPSA) is 126 Å². The van der Waals surface area contributed by atoms with Crippen molar-refractivity contribution in [2.75, 3.05) is 30.8 Å². The number of hydrogen-bond donors (Lipinski definition) is 3. The highest BCUT2D eigenvalue weighted by atomic mass is 32.2. The molecule has 0 fully saturated rings. The van der Waals surface area contributed by atoms with E-state index in [1.165, 1.54) is 12.1 Å². The van der Waals surface area contributed by atoms with Crippen LogP contribution in [0.15, 0.2) is 65.6 Å². The lowest BCUT2D eigenvalue weighted by atomic mass is 10.0. The summed E-state index contributed by atoms with van der Waals surface area (Å²) in [5.74, 6) is 1.48. The van der Waals surface area contributed by atoms with Crippen LogP contribution >= 0.6 is 0 Å². The minimum atomic E-state index is -3.87. The number of amides is 1. The van der Waals surface area contributed by atoms with E-state index in [1.54, 1.807) is 44.6 Å². The Labute approximate surface area is 228 Å². The molecule has 0 aromatic heterocycles. The van der Waals surface area contributed by atoms with Crippen LogP contribution in [0, 0.1) is 0 Å². The molecule has 1 aliphatic heterocycles. The molecular weight excluding hydrogens is 522 g/mol. The van der Waals surface area contributed by atoms with Gasteiger partial charge in [-0.1, -0.05) is 31.2 Å². The maximum absolute atomic E-state index is 12.9. The summed E-state index contributed by atoms with van der Waals surface area (Å²) >= 11 is 0. The first-order valence-electron chi connectivity index (χ1n) is 12.6. The Kier molecular flexibility index (Phi) is 8.95. The third-order valence-corrected chi connectivity index (χ3v) is 7.84. The number of hydrogen-bond acceptors (Lipinski definition) is 8. The molecule has 0 bridgehead atoms. The van der Waals surface area contributed by atoms with Gasteiger partial charge >= 0.3 is 0 Å². The van der Waals surface area contributed by atoms with Crippen molar-refractivity contribution in [3.8, 4) is 17.2 Å². The summed E-state index contributed by atoms with van der Waals surface area (Å²) in [6, 6.07) is 16.8. The summed E-state index contributed by atoms with van der Waals surface area (Å²) in [6.45, 7) is 2.18. The molecule has 3 aromatic rings. The number of hydroxylamine groups is 2. The second-order valence-corrected chi connectivity index (χ2v) is 10.7. The van der Waals surface area contributed by atoms with E-state index >= 15 is 0 Å². The number of nitrogens with zero attached hydrogens (tertiary/aromatic N) is 1. The Balaban J connectivity index is 1.52. The number of carbonyl (C=O) groups is 1. The van der Waals surface area contributed by atoms with E-state index in [0.717, 1.165) is 10.6 Å². The summed E-state index contributed by atoms with van der Waals surface area (Å²) in [4.78, 5) is 12.3. The maximum Gasteiger partial charge on any atom is 0.261 e.